The molecule has 0 aliphatic carbocycles. The van der Waals surface area contributed by atoms with Gasteiger partial charge in [-0.25, -0.2) is 0 Å². The Labute approximate surface area is 163 Å². The van der Waals surface area contributed by atoms with E-state index in [0.29, 0.717) is 16.5 Å². The minimum absolute atomic E-state index is 0.571. The van der Waals surface area contributed by atoms with Crippen LogP contribution in [0.2, 0.25) is 5.02 Å². The van der Waals surface area contributed by atoms with Gasteiger partial charge in [0.15, 0.2) is 0 Å². The second-order valence-electron chi connectivity index (χ2n) is 6.15. The number of nitrogens with one attached hydrogen (secondary N) is 1. The summed E-state index contributed by atoms with van der Waals surface area (Å²) in [4.78, 5) is 0. The summed E-state index contributed by atoms with van der Waals surface area (Å²) in [6.45, 7) is 0. The monoisotopic (exact) mass is 393 g/mol. The molecule has 0 fully saturated rings. The van der Waals surface area contributed by atoms with Crippen molar-refractivity contribution in [1.82, 2.24) is 0 Å². The molecular formula is C22H17ClNO2P. The van der Waals surface area contributed by atoms with Crippen molar-refractivity contribution in [2.45, 2.75) is 0 Å². The number of hydrogen-bond acceptors (Lipinski definition) is 2. The van der Waals surface area contributed by atoms with Gasteiger partial charge in [-0.1, -0.05) is 72.3 Å². The van der Waals surface area contributed by atoms with Gasteiger partial charge in [0.2, 0.25) is 7.29 Å². The van der Waals surface area contributed by atoms with Gasteiger partial charge < -0.3 is 9.82 Å². The molecule has 27 heavy (non-hydrogen) atoms. The number of rotatable bonds is 4. The van der Waals surface area contributed by atoms with Crippen LogP contribution in [0.15, 0.2) is 96.6 Å². The standard InChI is InChI=1S/C22H17ClNO2P/c23-19-11-13-20(14-12-19)24-27(25)15-21(17-7-3-1-4-8-17)26-22(16-27)18-9-5-2-6-10-18/h1-16H,(H,24,25). The average Bonchev–Trinajstić information content (AvgIpc) is 2.70. The number of ether oxygens (including phenoxy) is 1. The molecule has 0 radical (unpaired) electrons. The van der Waals surface area contributed by atoms with E-state index in [4.69, 9.17) is 16.3 Å². The molecule has 0 saturated carbocycles. The third-order valence-corrected chi connectivity index (χ3v) is 6.20. The van der Waals surface area contributed by atoms with Crippen LogP contribution in [0.4, 0.5) is 5.69 Å². The first-order valence-corrected chi connectivity index (χ1v) is 10.7. The number of benzene rings is 3. The first-order chi connectivity index (χ1) is 13.1. The van der Waals surface area contributed by atoms with E-state index in [1.165, 1.54) is 0 Å². The maximum Gasteiger partial charge on any atom is 0.220 e. The minimum atomic E-state index is -3.04. The summed E-state index contributed by atoms with van der Waals surface area (Å²) in [5, 5.41) is 3.78. The fraction of sp³-hybridized carbons (Fsp3) is 0. The second kappa shape index (κ2) is 7.48. The number of anilines is 1. The van der Waals surface area contributed by atoms with Gasteiger partial charge in [-0.2, -0.15) is 0 Å². The van der Waals surface area contributed by atoms with Gasteiger partial charge in [0, 0.05) is 33.5 Å². The lowest BCUT2D eigenvalue weighted by atomic mass is 10.2. The molecule has 3 aromatic rings. The molecule has 0 spiro atoms. The third-order valence-electron chi connectivity index (χ3n) is 4.10. The van der Waals surface area contributed by atoms with Crippen molar-refractivity contribution in [1.29, 1.82) is 0 Å². The Hall–Kier alpha value is -2.74. The van der Waals surface area contributed by atoms with E-state index in [-0.39, 0.29) is 0 Å². The van der Waals surface area contributed by atoms with E-state index in [1.807, 2.05) is 72.8 Å². The lowest BCUT2D eigenvalue weighted by Crippen LogP contribution is -2.03. The molecule has 0 atom stereocenters. The highest BCUT2D eigenvalue weighted by Crippen LogP contribution is 2.56. The van der Waals surface area contributed by atoms with Gasteiger partial charge in [-0.05, 0) is 24.3 Å². The number of hydrogen-bond donors (Lipinski definition) is 1. The van der Waals surface area contributed by atoms with Crippen LogP contribution >= 0.6 is 18.9 Å². The molecule has 1 N–H and O–H groups in total. The van der Waals surface area contributed by atoms with E-state index in [1.54, 1.807) is 23.8 Å². The Morgan fingerprint density at radius 2 is 1.19 bits per heavy atom. The van der Waals surface area contributed by atoms with Crippen molar-refractivity contribution in [3.63, 3.8) is 0 Å². The molecule has 4 rings (SSSR count). The Kier molecular flexibility index (Phi) is 4.89. The van der Waals surface area contributed by atoms with Crippen LogP contribution in [0.25, 0.3) is 11.5 Å². The smallest absolute Gasteiger partial charge is 0.220 e. The molecule has 0 bridgehead atoms. The van der Waals surface area contributed by atoms with E-state index in [0.717, 1.165) is 16.8 Å². The summed E-state index contributed by atoms with van der Waals surface area (Å²) in [5.41, 5.74) is 2.48. The molecule has 134 valence electrons. The SMILES string of the molecule is O=P1(Nc2ccc(Cl)cc2)C=C(c2ccccc2)OC(c2ccccc2)=C1. The molecule has 1 aliphatic heterocycles. The fourth-order valence-corrected chi connectivity index (χ4v) is 4.80. The number of halogens is 1. The van der Waals surface area contributed by atoms with E-state index in [9.17, 15) is 4.57 Å². The fourth-order valence-electron chi connectivity index (χ4n) is 2.82. The zero-order valence-corrected chi connectivity index (χ0v) is 16.0. The highest BCUT2D eigenvalue weighted by Gasteiger charge is 2.26. The Morgan fingerprint density at radius 3 is 1.67 bits per heavy atom. The van der Waals surface area contributed by atoms with E-state index < -0.39 is 7.29 Å². The van der Waals surface area contributed by atoms with Crippen LogP contribution in [0, 0.1) is 0 Å². The van der Waals surface area contributed by atoms with Crippen molar-refractivity contribution >= 4 is 36.1 Å². The molecule has 3 aromatic carbocycles. The predicted molar refractivity (Wildman–Crippen MR) is 113 cm³/mol. The Morgan fingerprint density at radius 1 is 0.704 bits per heavy atom. The van der Waals surface area contributed by atoms with Gasteiger partial charge in [0.1, 0.15) is 11.5 Å². The lowest BCUT2D eigenvalue weighted by molar-refractivity contribution is 0.469. The maximum absolute atomic E-state index is 13.7. The van der Waals surface area contributed by atoms with Gasteiger partial charge in [0.05, 0.1) is 0 Å². The van der Waals surface area contributed by atoms with Crippen LogP contribution in [0.1, 0.15) is 11.1 Å². The van der Waals surface area contributed by atoms with Crippen molar-refractivity contribution in [3.8, 4) is 0 Å². The Balaban J connectivity index is 1.76. The molecule has 1 heterocycles. The zero-order valence-electron chi connectivity index (χ0n) is 14.4. The third kappa shape index (κ3) is 4.16. The summed E-state index contributed by atoms with van der Waals surface area (Å²) < 4.78 is 19.8. The van der Waals surface area contributed by atoms with Crippen LogP contribution in [0.3, 0.4) is 0 Å². The van der Waals surface area contributed by atoms with Gasteiger partial charge in [-0.15, -0.1) is 0 Å². The summed E-state index contributed by atoms with van der Waals surface area (Å²) in [6.07, 6.45) is 0. The molecule has 1 aliphatic rings. The Bertz CT molecular complexity index is 985. The van der Waals surface area contributed by atoms with Crippen molar-refractivity contribution < 1.29 is 9.30 Å². The van der Waals surface area contributed by atoms with Crippen LogP contribution in [-0.2, 0) is 9.30 Å². The summed E-state index contributed by atoms with van der Waals surface area (Å²) in [7, 11) is -3.04. The molecule has 0 amide bonds. The highest BCUT2D eigenvalue weighted by molar-refractivity contribution is 7.72. The molecule has 0 saturated heterocycles. The van der Waals surface area contributed by atoms with Crippen LogP contribution in [0.5, 0.6) is 0 Å². The minimum Gasteiger partial charge on any atom is -0.456 e. The van der Waals surface area contributed by atoms with Gasteiger partial charge in [0.25, 0.3) is 0 Å². The quantitative estimate of drug-likeness (QED) is 0.482. The summed E-state index contributed by atoms with van der Waals surface area (Å²) in [5.74, 6) is 4.48. The first kappa shape index (κ1) is 17.7. The van der Waals surface area contributed by atoms with Gasteiger partial charge >= 0.3 is 0 Å². The lowest BCUT2D eigenvalue weighted by Gasteiger charge is -2.24. The molecule has 0 unspecified atom stereocenters. The van der Waals surface area contributed by atoms with Crippen molar-refractivity contribution in [3.05, 3.63) is 113 Å². The average molecular weight is 394 g/mol. The maximum atomic E-state index is 13.7. The molecular weight excluding hydrogens is 377 g/mol. The molecule has 5 heteroatoms. The second-order valence-corrected chi connectivity index (χ2v) is 8.74. The summed E-state index contributed by atoms with van der Waals surface area (Å²) in [6, 6.07) is 26.5. The predicted octanol–water partition coefficient (Wildman–Crippen LogP) is 7.06. The highest BCUT2D eigenvalue weighted by atomic mass is 35.5. The molecule has 3 nitrogen and oxygen atoms in total. The first-order valence-electron chi connectivity index (χ1n) is 8.49. The largest absolute Gasteiger partial charge is 0.456 e. The van der Waals surface area contributed by atoms with E-state index in [2.05, 4.69) is 5.09 Å². The normalized spacial score (nSPS) is 15.3. The van der Waals surface area contributed by atoms with Crippen LogP contribution in [-0.4, -0.2) is 0 Å². The molecule has 0 aromatic heterocycles. The van der Waals surface area contributed by atoms with Crippen molar-refractivity contribution in [2.24, 2.45) is 0 Å². The summed E-state index contributed by atoms with van der Waals surface area (Å²) >= 11 is 5.95. The van der Waals surface area contributed by atoms with Gasteiger partial charge in [-0.3, -0.25) is 4.57 Å². The van der Waals surface area contributed by atoms with Crippen molar-refractivity contribution in [2.75, 3.05) is 5.09 Å². The topological polar surface area (TPSA) is 38.3 Å². The van der Waals surface area contributed by atoms with Crippen LogP contribution < -0.4 is 5.09 Å². The van der Waals surface area contributed by atoms with E-state index >= 15 is 0 Å². The zero-order chi connectivity index (χ0) is 18.7.